The van der Waals surface area contributed by atoms with Crippen molar-refractivity contribution >= 4 is 16.7 Å². The number of aromatic amines is 1. The molecule has 1 unspecified atom stereocenters. The molecule has 1 aliphatic heterocycles. The molecule has 0 saturated carbocycles. The van der Waals surface area contributed by atoms with E-state index in [-0.39, 0.29) is 35.7 Å². The lowest BCUT2D eigenvalue weighted by molar-refractivity contribution is 0.0335. The van der Waals surface area contributed by atoms with E-state index < -0.39 is 23.2 Å². The van der Waals surface area contributed by atoms with Gasteiger partial charge in [-0.05, 0) is 52.9 Å². The molecule has 1 N–H and O–H groups in total. The molecule has 5 nitrogen and oxygen atoms in total. The number of nitrogens with one attached hydrogen (secondary N) is 1. The van der Waals surface area contributed by atoms with Crippen LogP contribution in [0.15, 0.2) is 65.5 Å². The molecule has 0 aliphatic carbocycles. The van der Waals surface area contributed by atoms with Gasteiger partial charge in [-0.1, -0.05) is 24.3 Å². The molecule has 34 heavy (non-hydrogen) atoms. The van der Waals surface area contributed by atoms with Gasteiger partial charge < -0.3 is 14.6 Å². The van der Waals surface area contributed by atoms with Gasteiger partial charge in [-0.15, -0.1) is 0 Å². The summed E-state index contributed by atoms with van der Waals surface area (Å²) in [5, 5.41) is 0.245. The normalized spacial score (nSPS) is 15.2. The molecule has 172 valence electrons. The van der Waals surface area contributed by atoms with Crippen LogP contribution in [0.2, 0.25) is 0 Å². The van der Waals surface area contributed by atoms with Crippen LogP contribution in [-0.4, -0.2) is 29.4 Å². The zero-order chi connectivity index (χ0) is 24.0. The molecule has 0 spiro atoms. The summed E-state index contributed by atoms with van der Waals surface area (Å²) < 4.78 is 46.8. The summed E-state index contributed by atoms with van der Waals surface area (Å²) in [6.07, 6.45) is 0. The summed E-state index contributed by atoms with van der Waals surface area (Å²) in [5.41, 5.74) is 2.27. The number of fused-ring (bicyclic) bond motifs is 3. The van der Waals surface area contributed by atoms with Gasteiger partial charge in [0.25, 0.3) is 11.5 Å². The third-order valence-corrected chi connectivity index (χ3v) is 6.12. The molecule has 3 aromatic carbocycles. The number of likely N-dealkylation sites (N-methyl/N-ethyl adjacent to an activating group) is 1. The van der Waals surface area contributed by atoms with Gasteiger partial charge in [-0.2, -0.15) is 0 Å². The number of amides is 1. The van der Waals surface area contributed by atoms with Crippen LogP contribution in [0.5, 0.6) is 0 Å². The van der Waals surface area contributed by atoms with Gasteiger partial charge in [0.2, 0.25) is 0 Å². The highest BCUT2D eigenvalue weighted by atomic mass is 19.2. The van der Waals surface area contributed by atoms with Gasteiger partial charge in [0.15, 0.2) is 11.6 Å². The quantitative estimate of drug-likeness (QED) is 0.467. The summed E-state index contributed by atoms with van der Waals surface area (Å²) in [6.45, 7) is 0.200. The number of aromatic nitrogens is 1. The number of carbonyl (C=O) groups excluding carboxylic acids is 1. The largest absolute Gasteiger partial charge is 0.373 e. The van der Waals surface area contributed by atoms with Gasteiger partial charge in [-0.25, -0.2) is 13.2 Å². The molecule has 1 atom stereocenters. The number of ether oxygens (including phenoxy) is 1. The minimum atomic E-state index is -1.12. The van der Waals surface area contributed by atoms with E-state index in [1.54, 1.807) is 37.4 Å². The zero-order valence-corrected chi connectivity index (χ0v) is 18.1. The Bertz CT molecular complexity index is 1480. The number of hydrogen-bond donors (Lipinski definition) is 1. The van der Waals surface area contributed by atoms with E-state index in [0.717, 1.165) is 23.3 Å². The molecule has 1 amide bonds. The highest BCUT2D eigenvalue weighted by molar-refractivity contribution is 5.96. The molecule has 8 heteroatoms. The topological polar surface area (TPSA) is 62.4 Å². The number of nitrogens with zero attached hydrogens (tertiary/aromatic N) is 1. The van der Waals surface area contributed by atoms with Crippen LogP contribution in [0, 0.1) is 17.5 Å². The van der Waals surface area contributed by atoms with Gasteiger partial charge in [-0.3, -0.25) is 9.59 Å². The van der Waals surface area contributed by atoms with E-state index in [0.29, 0.717) is 16.8 Å². The van der Waals surface area contributed by atoms with Crippen LogP contribution in [0.25, 0.3) is 21.9 Å². The van der Waals surface area contributed by atoms with Crippen molar-refractivity contribution in [3.05, 3.63) is 105 Å². The van der Waals surface area contributed by atoms with Crippen molar-refractivity contribution in [3.63, 3.8) is 0 Å². The lowest BCUT2D eigenvalue weighted by Crippen LogP contribution is -2.37. The van der Waals surface area contributed by atoms with Crippen molar-refractivity contribution in [2.45, 2.75) is 12.6 Å². The summed E-state index contributed by atoms with van der Waals surface area (Å²) >= 11 is 0. The number of benzene rings is 3. The monoisotopic (exact) mass is 464 g/mol. The first-order valence-corrected chi connectivity index (χ1v) is 10.6. The highest BCUT2D eigenvalue weighted by Gasteiger charge is 2.31. The van der Waals surface area contributed by atoms with Gasteiger partial charge in [0.1, 0.15) is 5.82 Å². The first kappa shape index (κ1) is 21.9. The standard InChI is InChI=1S/C26H19F3N2O3/c1-31(26(33)16-4-2-3-15(9-16)14-5-7-17(27)8-6-14)23-13-34-12-22-24(23)18-10-20(28)21(29)11-19(18)25(32)30-22/h2-11,23H,12-13H2,1H3,(H,30,32). The fourth-order valence-corrected chi connectivity index (χ4v) is 4.37. The number of halogens is 3. The fraction of sp³-hybridized carbons (Fsp3) is 0.154. The van der Waals surface area contributed by atoms with Crippen molar-refractivity contribution in [1.82, 2.24) is 9.88 Å². The minimum absolute atomic E-state index is 0.00343. The first-order chi connectivity index (χ1) is 16.3. The minimum Gasteiger partial charge on any atom is -0.373 e. The predicted octanol–water partition coefficient (Wildman–Crippen LogP) is 4.96. The summed E-state index contributed by atoms with van der Waals surface area (Å²) in [4.78, 5) is 30.0. The Morgan fingerprint density at radius 3 is 2.41 bits per heavy atom. The number of hydrogen-bond acceptors (Lipinski definition) is 3. The number of rotatable bonds is 3. The van der Waals surface area contributed by atoms with Crippen molar-refractivity contribution < 1.29 is 22.7 Å². The van der Waals surface area contributed by atoms with Crippen LogP contribution in [0.3, 0.4) is 0 Å². The van der Waals surface area contributed by atoms with Crippen molar-refractivity contribution in [2.75, 3.05) is 13.7 Å². The Morgan fingerprint density at radius 2 is 1.68 bits per heavy atom. The van der Waals surface area contributed by atoms with Crippen molar-refractivity contribution in [1.29, 1.82) is 0 Å². The molecule has 5 rings (SSSR count). The molecule has 4 aromatic rings. The van der Waals surface area contributed by atoms with E-state index >= 15 is 0 Å². The van der Waals surface area contributed by atoms with E-state index in [1.807, 2.05) is 6.07 Å². The van der Waals surface area contributed by atoms with E-state index in [2.05, 4.69) is 4.98 Å². The average Bonchev–Trinajstić information content (AvgIpc) is 2.84. The Hall–Kier alpha value is -3.91. The summed E-state index contributed by atoms with van der Waals surface area (Å²) in [6, 6.07) is 14.1. The maximum Gasteiger partial charge on any atom is 0.256 e. The van der Waals surface area contributed by atoms with Crippen LogP contribution in [0.4, 0.5) is 13.2 Å². The summed E-state index contributed by atoms with van der Waals surface area (Å²) in [7, 11) is 1.59. The van der Waals surface area contributed by atoms with Crippen LogP contribution in [0.1, 0.15) is 27.7 Å². The SMILES string of the molecule is CN(C(=O)c1cccc(-c2ccc(F)cc2)c1)C1COCc2[nH]c(=O)c3cc(F)c(F)cc3c21. The Labute approximate surface area is 192 Å². The summed E-state index contributed by atoms with van der Waals surface area (Å²) in [5.74, 6) is -2.88. The maximum absolute atomic E-state index is 14.1. The Balaban J connectivity index is 1.55. The second kappa shape index (κ2) is 8.46. The van der Waals surface area contributed by atoms with Gasteiger partial charge in [0.05, 0.1) is 24.6 Å². The number of H-pyrrole nitrogens is 1. The average molecular weight is 464 g/mol. The highest BCUT2D eigenvalue weighted by Crippen LogP contribution is 2.34. The van der Waals surface area contributed by atoms with Crippen LogP contribution < -0.4 is 5.56 Å². The molecule has 0 bridgehead atoms. The van der Waals surface area contributed by atoms with E-state index in [4.69, 9.17) is 4.74 Å². The van der Waals surface area contributed by atoms with E-state index in [9.17, 15) is 22.8 Å². The van der Waals surface area contributed by atoms with Gasteiger partial charge in [0, 0.05) is 23.9 Å². The van der Waals surface area contributed by atoms with Crippen LogP contribution >= 0.6 is 0 Å². The maximum atomic E-state index is 14.1. The molecule has 2 heterocycles. The lowest BCUT2D eigenvalue weighted by Gasteiger charge is -2.34. The van der Waals surface area contributed by atoms with E-state index in [1.165, 1.54) is 17.0 Å². The smallest absolute Gasteiger partial charge is 0.256 e. The number of pyridine rings is 1. The molecular weight excluding hydrogens is 445 g/mol. The van der Waals surface area contributed by atoms with Crippen molar-refractivity contribution in [2.24, 2.45) is 0 Å². The van der Waals surface area contributed by atoms with Crippen LogP contribution in [-0.2, 0) is 11.3 Å². The third kappa shape index (κ3) is 3.76. The molecule has 1 aromatic heterocycles. The zero-order valence-electron chi connectivity index (χ0n) is 18.1. The number of carbonyl (C=O) groups is 1. The van der Waals surface area contributed by atoms with Gasteiger partial charge >= 0.3 is 0 Å². The molecule has 1 aliphatic rings. The molecule has 0 fully saturated rings. The second-order valence-corrected chi connectivity index (χ2v) is 8.19. The fourth-order valence-electron chi connectivity index (χ4n) is 4.37. The third-order valence-electron chi connectivity index (χ3n) is 6.12. The Kier molecular flexibility index (Phi) is 5.45. The molecule has 0 radical (unpaired) electrons. The second-order valence-electron chi connectivity index (χ2n) is 8.19. The molecular formula is C26H19F3N2O3. The Morgan fingerprint density at radius 1 is 0.971 bits per heavy atom. The van der Waals surface area contributed by atoms with Crippen molar-refractivity contribution in [3.8, 4) is 11.1 Å². The first-order valence-electron chi connectivity index (χ1n) is 10.6. The predicted molar refractivity (Wildman–Crippen MR) is 121 cm³/mol. The lowest BCUT2D eigenvalue weighted by atomic mass is 9.95. The molecule has 0 saturated heterocycles.